The fourth-order valence-corrected chi connectivity index (χ4v) is 6.64. The zero-order valence-electron chi connectivity index (χ0n) is 18.2. The highest BCUT2D eigenvalue weighted by atomic mass is 16.7. The first kappa shape index (κ1) is 23.8. The minimum absolute atomic E-state index is 0.306. The van der Waals surface area contributed by atoms with E-state index in [0.29, 0.717) is 12.8 Å². The second kappa shape index (κ2) is 7.86. The maximum atomic E-state index is 12.8. The molecule has 2 saturated carbocycles. The molecule has 0 aromatic rings. The van der Waals surface area contributed by atoms with Crippen LogP contribution in [0.2, 0.25) is 0 Å². The minimum Gasteiger partial charge on any atom is -0.481 e. The monoisotopic (exact) mass is 460 g/mol. The molecule has 11 nitrogen and oxygen atoms in total. The van der Waals surface area contributed by atoms with Gasteiger partial charge in [0.2, 0.25) is 0 Å². The van der Waals surface area contributed by atoms with Crippen molar-refractivity contribution in [3.8, 4) is 0 Å². The SMILES string of the molecule is CC(C)(O)C1C2OC(=O)C1C1CCC(C(=O)O)C1(C)C2OC1OC(CO)C(O)C(O)C1O. The van der Waals surface area contributed by atoms with E-state index < -0.39 is 96.1 Å². The number of ether oxygens (including phenoxy) is 3. The molecule has 12 atom stereocenters. The molecule has 0 radical (unpaired) electrons. The fourth-order valence-electron chi connectivity index (χ4n) is 6.64. The Kier molecular flexibility index (Phi) is 5.85. The third-order valence-corrected chi connectivity index (χ3v) is 8.17. The van der Waals surface area contributed by atoms with Crippen molar-refractivity contribution in [3.05, 3.63) is 0 Å². The molecule has 0 amide bonds. The van der Waals surface area contributed by atoms with Crippen molar-refractivity contribution >= 4 is 11.9 Å². The van der Waals surface area contributed by atoms with Crippen molar-refractivity contribution in [1.29, 1.82) is 0 Å². The highest BCUT2D eigenvalue weighted by Gasteiger charge is 2.72. The number of carboxylic acids is 1. The number of carbonyl (C=O) groups is 2. The summed E-state index contributed by atoms with van der Waals surface area (Å²) in [7, 11) is 0. The molecule has 6 N–H and O–H groups in total. The fraction of sp³-hybridized carbons (Fsp3) is 0.905. The van der Waals surface area contributed by atoms with Gasteiger partial charge in [-0.05, 0) is 32.6 Å². The smallest absolute Gasteiger partial charge is 0.310 e. The maximum Gasteiger partial charge on any atom is 0.310 e. The van der Waals surface area contributed by atoms with Crippen molar-refractivity contribution in [3.63, 3.8) is 0 Å². The summed E-state index contributed by atoms with van der Waals surface area (Å²) in [6.45, 7) is 4.16. The molecule has 4 rings (SSSR count). The van der Waals surface area contributed by atoms with Crippen LogP contribution in [0.5, 0.6) is 0 Å². The highest BCUT2D eigenvalue weighted by molar-refractivity contribution is 5.78. The van der Waals surface area contributed by atoms with Crippen LogP contribution in [0.4, 0.5) is 0 Å². The molecule has 0 aromatic heterocycles. The molecule has 0 spiro atoms. The zero-order chi connectivity index (χ0) is 23.7. The van der Waals surface area contributed by atoms with E-state index in [4.69, 9.17) is 14.2 Å². The Bertz CT molecular complexity index is 763. The van der Waals surface area contributed by atoms with Crippen LogP contribution in [0.1, 0.15) is 33.6 Å². The number of hydrogen-bond acceptors (Lipinski definition) is 10. The van der Waals surface area contributed by atoms with E-state index in [1.54, 1.807) is 20.8 Å². The van der Waals surface area contributed by atoms with Crippen molar-refractivity contribution in [2.45, 2.75) is 82.1 Å². The molecular weight excluding hydrogens is 428 g/mol. The van der Waals surface area contributed by atoms with Gasteiger partial charge in [-0.1, -0.05) is 6.92 Å². The number of hydrogen-bond donors (Lipinski definition) is 6. The Morgan fingerprint density at radius 3 is 2.41 bits per heavy atom. The predicted octanol–water partition coefficient (Wildman–Crippen LogP) is -1.77. The number of fused-ring (bicyclic) bond motifs is 4. The zero-order valence-corrected chi connectivity index (χ0v) is 18.2. The average molecular weight is 460 g/mol. The molecule has 11 heteroatoms. The first-order chi connectivity index (χ1) is 14.8. The van der Waals surface area contributed by atoms with Crippen molar-refractivity contribution < 1.29 is 54.4 Å². The number of aliphatic carboxylic acids is 1. The van der Waals surface area contributed by atoms with Crippen LogP contribution in [0.3, 0.4) is 0 Å². The Hall–Kier alpha value is -1.34. The first-order valence-electron chi connectivity index (χ1n) is 11.0. The van der Waals surface area contributed by atoms with Gasteiger partial charge in [0.25, 0.3) is 0 Å². The molecule has 32 heavy (non-hydrogen) atoms. The molecule has 4 fully saturated rings. The van der Waals surface area contributed by atoms with Crippen LogP contribution in [0.15, 0.2) is 0 Å². The van der Waals surface area contributed by atoms with Crippen molar-refractivity contribution in [2.75, 3.05) is 6.61 Å². The van der Waals surface area contributed by atoms with Crippen molar-refractivity contribution in [1.82, 2.24) is 0 Å². The lowest BCUT2D eigenvalue weighted by Gasteiger charge is -2.53. The highest BCUT2D eigenvalue weighted by Crippen LogP contribution is 2.64. The third-order valence-electron chi connectivity index (χ3n) is 8.17. The molecule has 2 aliphatic carbocycles. The van der Waals surface area contributed by atoms with Crippen LogP contribution in [-0.4, -0.2) is 97.7 Å². The lowest BCUT2D eigenvalue weighted by atomic mass is 9.54. The molecule has 2 heterocycles. The van der Waals surface area contributed by atoms with Gasteiger partial charge in [-0.25, -0.2) is 0 Å². The van der Waals surface area contributed by atoms with Gasteiger partial charge in [-0.3, -0.25) is 9.59 Å². The summed E-state index contributed by atoms with van der Waals surface area (Å²) in [6.07, 6.45) is -9.08. The van der Waals surface area contributed by atoms with E-state index in [1.807, 2.05) is 0 Å². The molecular formula is C21H32O11. The van der Waals surface area contributed by atoms with E-state index >= 15 is 0 Å². The van der Waals surface area contributed by atoms with E-state index in [-0.39, 0.29) is 0 Å². The Labute approximate surface area is 184 Å². The van der Waals surface area contributed by atoms with E-state index in [0.717, 1.165) is 0 Å². The molecule has 2 bridgehead atoms. The summed E-state index contributed by atoms with van der Waals surface area (Å²) >= 11 is 0. The van der Waals surface area contributed by atoms with Crippen LogP contribution in [0, 0.1) is 29.1 Å². The number of carboxylic acid groups (broad SMARTS) is 1. The molecule has 4 aliphatic rings. The molecule has 182 valence electrons. The number of rotatable bonds is 5. The second-order valence-corrected chi connectivity index (χ2v) is 10.3. The Balaban J connectivity index is 1.75. The van der Waals surface area contributed by atoms with E-state index in [2.05, 4.69) is 0 Å². The summed E-state index contributed by atoms with van der Waals surface area (Å²) in [6, 6.07) is 0. The largest absolute Gasteiger partial charge is 0.481 e. The van der Waals surface area contributed by atoms with Crippen LogP contribution in [0.25, 0.3) is 0 Å². The minimum atomic E-state index is -1.70. The standard InChI is InChI=1S/C21H32O11/c1-20(2,29)11-10-7-4-5-8(17(26)27)21(7,3)16(15(11)31-18(10)28)32-19-14(25)13(24)12(23)9(6-22)30-19/h7-16,19,22-25,29H,4-6H2,1-3H3,(H,26,27). The molecule has 2 saturated heterocycles. The average Bonchev–Trinajstić information content (AvgIpc) is 3.21. The lowest BCUT2D eigenvalue weighted by molar-refractivity contribution is -0.335. The predicted molar refractivity (Wildman–Crippen MR) is 104 cm³/mol. The van der Waals surface area contributed by atoms with Crippen molar-refractivity contribution in [2.24, 2.45) is 29.1 Å². The number of aliphatic hydroxyl groups is 5. The van der Waals surface area contributed by atoms with E-state index in [9.17, 15) is 40.2 Å². The molecule has 2 aliphatic heterocycles. The number of aliphatic hydroxyl groups excluding tert-OH is 4. The van der Waals surface area contributed by atoms with Gasteiger partial charge >= 0.3 is 11.9 Å². The second-order valence-electron chi connectivity index (χ2n) is 10.3. The normalized spacial score (nSPS) is 50.8. The van der Waals surface area contributed by atoms with Gasteiger partial charge in [-0.2, -0.15) is 0 Å². The number of carbonyl (C=O) groups excluding carboxylic acids is 1. The van der Waals surface area contributed by atoms with Crippen LogP contribution in [-0.2, 0) is 23.8 Å². The van der Waals surface area contributed by atoms with Gasteiger partial charge in [-0.15, -0.1) is 0 Å². The summed E-state index contributed by atoms with van der Waals surface area (Å²) in [5.74, 6) is -4.29. The topological polar surface area (TPSA) is 183 Å². The molecule has 12 unspecified atom stereocenters. The number of esters is 1. The lowest BCUT2D eigenvalue weighted by Crippen LogP contribution is -2.65. The first-order valence-corrected chi connectivity index (χ1v) is 11.0. The maximum absolute atomic E-state index is 12.8. The Morgan fingerprint density at radius 1 is 1.19 bits per heavy atom. The van der Waals surface area contributed by atoms with Gasteiger partial charge in [0.1, 0.15) is 36.6 Å². The van der Waals surface area contributed by atoms with Gasteiger partial charge in [0, 0.05) is 11.3 Å². The van der Waals surface area contributed by atoms with Gasteiger partial charge in [0.15, 0.2) is 6.29 Å². The van der Waals surface area contributed by atoms with Crippen LogP contribution >= 0.6 is 0 Å². The molecule has 0 aromatic carbocycles. The van der Waals surface area contributed by atoms with Crippen LogP contribution < -0.4 is 0 Å². The summed E-state index contributed by atoms with van der Waals surface area (Å²) in [4.78, 5) is 25.0. The van der Waals surface area contributed by atoms with Gasteiger partial charge in [0.05, 0.1) is 24.0 Å². The summed E-state index contributed by atoms with van der Waals surface area (Å²) in [5, 5.41) is 61.0. The summed E-state index contributed by atoms with van der Waals surface area (Å²) < 4.78 is 17.2. The summed E-state index contributed by atoms with van der Waals surface area (Å²) in [5.41, 5.74) is -2.44. The van der Waals surface area contributed by atoms with Gasteiger partial charge < -0.3 is 44.8 Å². The quantitative estimate of drug-likeness (QED) is 0.255. The van der Waals surface area contributed by atoms with E-state index in [1.165, 1.54) is 0 Å². The Morgan fingerprint density at radius 2 is 1.84 bits per heavy atom. The third kappa shape index (κ3) is 3.29.